The third-order valence-electron chi connectivity index (χ3n) is 5.78. The fourth-order valence-corrected chi connectivity index (χ4v) is 4.68. The number of hydrogen-bond acceptors (Lipinski definition) is 5. The molecule has 0 aromatic carbocycles. The van der Waals surface area contributed by atoms with E-state index in [1.54, 1.807) is 4.90 Å². The maximum atomic E-state index is 14.4. The SMILES string of the molecule is CC(C)(C)C12CC(CN(c3nc(Cl)nc4c(F)c(Cl)ncc34)C1)N2C(=O)O. The Hall–Kier alpha value is -1.93. The molecule has 3 aliphatic heterocycles. The Kier molecular flexibility index (Phi) is 3.95. The van der Waals surface area contributed by atoms with Crippen molar-refractivity contribution in [3.05, 3.63) is 22.5 Å². The topological polar surface area (TPSA) is 82.5 Å². The fraction of sp³-hybridized carbons (Fsp3) is 0.529. The number of amides is 1. The van der Waals surface area contributed by atoms with Crippen molar-refractivity contribution in [2.45, 2.75) is 38.8 Å². The van der Waals surface area contributed by atoms with Gasteiger partial charge in [0, 0.05) is 19.3 Å². The van der Waals surface area contributed by atoms with Crippen LogP contribution in [0.2, 0.25) is 10.4 Å². The zero-order valence-electron chi connectivity index (χ0n) is 15.0. The number of rotatable bonds is 1. The molecule has 0 spiro atoms. The molecule has 3 fully saturated rings. The van der Waals surface area contributed by atoms with Gasteiger partial charge in [0.05, 0.1) is 17.0 Å². The lowest BCUT2D eigenvalue weighted by Gasteiger charge is -2.68. The average molecular weight is 414 g/mol. The second-order valence-electron chi connectivity index (χ2n) is 8.11. The predicted octanol–water partition coefficient (Wildman–Crippen LogP) is 3.83. The molecule has 2 aromatic heterocycles. The molecule has 2 bridgehead atoms. The second-order valence-corrected chi connectivity index (χ2v) is 8.81. The Labute approximate surface area is 165 Å². The highest BCUT2D eigenvalue weighted by molar-refractivity contribution is 6.30. The molecule has 2 unspecified atom stereocenters. The van der Waals surface area contributed by atoms with Gasteiger partial charge in [-0.15, -0.1) is 0 Å². The van der Waals surface area contributed by atoms with E-state index in [4.69, 9.17) is 23.2 Å². The van der Waals surface area contributed by atoms with Crippen LogP contribution in [-0.4, -0.2) is 55.7 Å². The summed E-state index contributed by atoms with van der Waals surface area (Å²) in [7, 11) is 0. The molecule has 3 aliphatic rings. The zero-order valence-corrected chi connectivity index (χ0v) is 16.5. The van der Waals surface area contributed by atoms with E-state index in [1.165, 1.54) is 6.20 Å². The zero-order chi connectivity index (χ0) is 19.7. The van der Waals surface area contributed by atoms with E-state index in [2.05, 4.69) is 15.0 Å². The first-order valence-electron chi connectivity index (χ1n) is 8.49. The molecule has 0 radical (unpaired) electrons. The summed E-state index contributed by atoms with van der Waals surface area (Å²) < 4.78 is 14.4. The summed E-state index contributed by atoms with van der Waals surface area (Å²) in [5, 5.41) is 9.71. The minimum absolute atomic E-state index is 0.00384. The van der Waals surface area contributed by atoms with Crippen LogP contribution in [0.3, 0.4) is 0 Å². The van der Waals surface area contributed by atoms with Crippen molar-refractivity contribution >= 4 is 46.0 Å². The van der Waals surface area contributed by atoms with E-state index in [1.807, 2.05) is 25.7 Å². The Morgan fingerprint density at radius 2 is 2.07 bits per heavy atom. The smallest absolute Gasteiger partial charge is 0.408 e. The maximum Gasteiger partial charge on any atom is 0.408 e. The molecule has 10 heteroatoms. The number of hydrogen-bond donors (Lipinski definition) is 1. The molecule has 1 amide bonds. The molecule has 27 heavy (non-hydrogen) atoms. The number of aromatic nitrogens is 3. The lowest BCUT2D eigenvalue weighted by atomic mass is 9.60. The van der Waals surface area contributed by atoms with Crippen LogP contribution in [0.1, 0.15) is 27.2 Å². The third-order valence-corrected chi connectivity index (χ3v) is 6.21. The van der Waals surface area contributed by atoms with Crippen LogP contribution < -0.4 is 4.90 Å². The number of carboxylic acid groups (broad SMARTS) is 1. The highest BCUT2D eigenvalue weighted by Gasteiger charge is 2.64. The first-order valence-corrected chi connectivity index (χ1v) is 9.25. The number of anilines is 1. The van der Waals surface area contributed by atoms with Crippen molar-refractivity contribution < 1.29 is 14.3 Å². The molecule has 1 N–H and O–H groups in total. The standard InChI is InChI=1S/C17H18Cl2FN5O2/c1-16(2,3)17-4-8(25(17)15(26)27)6-24(7-17)13-9-5-21-12(18)10(20)11(9)22-14(19)23-13/h5,8H,4,6-7H2,1-3H3,(H,26,27). The van der Waals surface area contributed by atoms with Crippen LogP contribution >= 0.6 is 23.2 Å². The Morgan fingerprint density at radius 3 is 2.70 bits per heavy atom. The van der Waals surface area contributed by atoms with Crippen molar-refractivity contribution in [2.75, 3.05) is 18.0 Å². The lowest BCUT2D eigenvalue weighted by molar-refractivity contribution is -0.124. The monoisotopic (exact) mass is 413 g/mol. The maximum absolute atomic E-state index is 14.4. The van der Waals surface area contributed by atoms with Gasteiger partial charge >= 0.3 is 6.09 Å². The highest BCUT2D eigenvalue weighted by Crippen LogP contribution is 2.53. The Morgan fingerprint density at radius 1 is 1.37 bits per heavy atom. The predicted molar refractivity (Wildman–Crippen MR) is 100.0 cm³/mol. The molecule has 144 valence electrons. The van der Waals surface area contributed by atoms with E-state index in [0.29, 0.717) is 24.3 Å². The van der Waals surface area contributed by atoms with Gasteiger partial charge in [-0.2, -0.15) is 4.98 Å². The molecule has 2 atom stereocenters. The molecule has 5 rings (SSSR count). The number of piperazine rings is 1. The normalized spacial score (nSPS) is 24.9. The van der Waals surface area contributed by atoms with Crippen LogP contribution in [0, 0.1) is 11.2 Å². The first kappa shape index (κ1) is 18.4. The Balaban J connectivity index is 1.82. The van der Waals surface area contributed by atoms with Gasteiger partial charge in [0.1, 0.15) is 11.3 Å². The van der Waals surface area contributed by atoms with E-state index in [0.717, 1.165) is 6.42 Å². The largest absolute Gasteiger partial charge is 0.465 e. The Bertz CT molecular complexity index is 966. The van der Waals surface area contributed by atoms with Crippen LogP contribution in [0.15, 0.2) is 6.20 Å². The molecule has 2 aromatic rings. The van der Waals surface area contributed by atoms with Crippen LogP contribution in [0.4, 0.5) is 15.0 Å². The molecule has 5 heterocycles. The van der Waals surface area contributed by atoms with Gasteiger partial charge in [0.15, 0.2) is 11.0 Å². The average Bonchev–Trinajstić information content (AvgIpc) is 2.56. The number of nitrogens with zero attached hydrogens (tertiary/aromatic N) is 5. The van der Waals surface area contributed by atoms with E-state index in [9.17, 15) is 14.3 Å². The van der Waals surface area contributed by atoms with Crippen LogP contribution in [0.25, 0.3) is 10.9 Å². The first-order chi connectivity index (χ1) is 12.5. The van der Waals surface area contributed by atoms with Gasteiger partial charge in [-0.25, -0.2) is 19.2 Å². The lowest BCUT2D eigenvalue weighted by Crippen LogP contribution is -2.82. The summed E-state index contributed by atoms with van der Waals surface area (Å²) in [6, 6.07) is -0.163. The van der Waals surface area contributed by atoms with Crippen molar-refractivity contribution in [1.29, 1.82) is 0 Å². The van der Waals surface area contributed by atoms with Crippen LogP contribution in [0.5, 0.6) is 0 Å². The highest BCUT2D eigenvalue weighted by atomic mass is 35.5. The van der Waals surface area contributed by atoms with Gasteiger partial charge in [-0.1, -0.05) is 32.4 Å². The molecule has 0 saturated carbocycles. The molecule has 7 nitrogen and oxygen atoms in total. The van der Waals surface area contributed by atoms with Crippen LogP contribution in [-0.2, 0) is 0 Å². The summed E-state index contributed by atoms with van der Waals surface area (Å²) in [5.74, 6) is -0.309. The quantitative estimate of drug-likeness (QED) is 0.564. The number of pyridine rings is 1. The summed E-state index contributed by atoms with van der Waals surface area (Å²) in [6.45, 7) is 6.93. The summed E-state index contributed by atoms with van der Waals surface area (Å²) in [5.41, 5.74) is -0.853. The minimum Gasteiger partial charge on any atom is -0.465 e. The van der Waals surface area contributed by atoms with E-state index in [-0.39, 0.29) is 27.4 Å². The van der Waals surface area contributed by atoms with Gasteiger partial charge in [-0.3, -0.25) is 4.90 Å². The van der Waals surface area contributed by atoms with Crippen molar-refractivity contribution in [3.63, 3.8) is 0 Å². The van der Waals surface area contributed by atoms with E-state index >= 15 is 0 Å². The van der Waals surface area contributed by atoms with Gasteiger partial charge in [-0.05, 0) is 23.4 Å². The number of carbonyl (C=O) groups is 1. The molecule has 3 saturated heterocycles. The fourth-order valence-electron chi connectivity index (χ4n) is 4.38. The van der Waals surface area contributed by atoms with Crippen molar-refractivity contribution in [1.82, 2.24) is 19.9 Å². The summed E-state index contributed by atoms with van der Waals surface area (Å²) in [6.07, 6.45) is 1.27. The molecular weight excluding hydrogens is 396 g/mol. The summed E-state index contributed by atoms with van der Waals surface area (Å²) >= 11 is 11.8. The van der Waals surface area contributed by atoms with Gasteiger partial charge in [0.25, 0.3) is 0 Å². The summed E-state index contributed by atoms with van der Waals surface area (Å²) in [4.78, 5) is 27.4. The molecular formula is C17H18Cl2FN5O2. The second kappa shape index (κ2) is 5.78. The van der Waals surface area contributed by atoms with Gasteiger partial charge < -0.3 is 10.0 Å². The third kappa shape index (κ3) is 2.53. The number of fused-ring (bicyclic) bond motifs is 3. The molecule has 0 aliphatic carbocycles. The number of halogens is 3. The van der Waals surface area contributed by atoms with Crippen molar-refractivity contribution in [3.8, 4) is 0 Å². The van der Waals surface area contributed by atoms with E-state index < -0.39 is 17.4 Å². The van der Waals surface area contributed by atoms with Gasteiger partial charge in [0.2, 0.25) is 5.28 Å². The minimum atomic E-state index is -0.925. The number of piperidine rings is 1. The van der Waals surface area contributed by atoms with Crippen molar-refractivity contribution in [2.24, 2.45) is 5.41 Å².